The Balaban J connectivity index is 1.89. The normalized spacial score (nSPS) is 10.5. The number of benzene rings is 2. The van der Waals surface area contributed by atoms with E-state index in [1.54, 1.807) is 24.3 Å². The molecular formula is C19H18ClNO4. The number of halogens is 1. The molecule has 1 amide bonds. The highest BCUT2D eigenvalue weighted by molar-refractivity contribution is 6.31. The van der Waals surface area contributed by atoms with E-state index in [-0.39, 0.29) is 0 Å². The van der Waals surface area contributed by atoms with Crippen molar-refractivity contribution >= 4 is 35.2 Å². The maximum atomic E-state index is 11.9. The van der Waals surface area contributed by atoms with Gasteiger partial charge >= 0.3 is 5.97 Å². The monoisotopic (exact) mass is 359 g/mol. The fourth-order valence-electron chi connectivity index (χ4n) is 2.08. The molecule has 1 N–H and O–H groups in total. The Bertz CT molecular complexity index is 802. The smallest absolute Gasteiger partial charge is 0.331 e. The van der Waals surface area contributed by atoms with Crippen molar-refractivity contribution in [2.45, 2.75) is 6.92 Å². The van der Waals surface area contributed by atoms with Crippen LogP contribution in [0.3, 0.4) is 0 Å². The number of methoxy groups -OCH3 is 1. The van der Waals surface area contributed by atoms with Crippen LogP contribution in [-0.2, 0) is 14.3 Å². The van der Waals surface area contributed by atoms with Gasteiger partial charge in [-0.15, -0.1) is 0 Å². The van der Waals surface area contributed by atoms with Gasteiger partial charge in [-0.3, -0.25) is 4.79 Å². The van der Waals surface area contributed by atoms with E-state index in [0.29, 0.717) is 16.5 Å². The van der Waals surface area contributed by atoms with E-state index >= 15 is 0 Å². The molecule has 0 aliphatic heterocycles. The summed E-state index contributed by atoms with van der Waals surface area (Å²) in [6.45, 7) is 1.53. The molecule has 2 rings (SSSR count). The Labute approximate surface area is 151 Å². The van der Waals surface area contributed by atoms with Crippen LogP contribution in [0.4, 0.5) is 5.69 Å². The number of ether oxygens (including phenoxy) is 2. The second kappa shape index (κ2) is 8.89. The summed E-state index contributed by atoms with van der Waals surface area (Å²) in [4.78, 5) is 23.6. The molecule has 0 aromatic heterocycles. The number of esters is 1. The van der Waals surface area contributed by atoms with Crippen LogP contribution in [0, 0.1) is 6.92 Å². The summed E-state index contributed by atoms with van der Waals surface area (Å²) in [5.74, 6) is -0.627. The van der Waals surface area contributed by atoms with Crippen LogP contribution in [0.15, 0.2) is 48.5 Å². The maximum Gasteiger partial charge on any atom is 0.331 e. The second-order valence-corrected chi connectivity index (χ2v) is 5.63. The molecule has 0 bridgehead atoms. The van der Waals surface area contributed by atoms with Crippen molar-refractivity contribution in [2.24, 2.45) is 0 Å². The molecule has 25 heavy (non-hydrogen) atoms. The third-order valence-electron chi connectivity index (χ3n) is 3.37. The van der Waals surface area contributed by atoms with Gasteiger partial charge in [0.25, 0.3) is 5.91 Å². The van der Waals surface area contributed by atoms with Gasteiger partial charge in [0.2, 0.25) is 0 Å². The fraction of sp³-hybridized carbons (Fsp3) is 0.158. The molecule has 130 valence electrons. The molecule has 0 aliphatic carbocycles. The van der Waals surface area contributed by atoms with Crippen molar-refractivity contribution in [3.05, 3.63) is 64.7 Å². The van der Waals surface area contributed by atoms with Crippen molar-refractivity contribution in [3.63, 3.8) is 0 Å². The predicted molar refractivity (Wildman–Crippen MR) is 97.8 cm³/mol. The Morgan fingerprint density at radius 1 is 1.20 bits per heavy atom. The van der Waals surface area contributed by atoms with Crippen molar-refractivity contribution in [2.75, 3.05) is 19.0 Å². The first-order valence-corrected chi connectivity index (χ1v) is 7.91. The zero-order valence-corrected chi connectivity index (χ0v) is 14.7. The van der Waals surface area contributed by atoms with Gasteiger partial charge in [0, 0.05) is 11.1 Å². The van der Waals surface area contributed by atoms with Gasteiger partial charge in [0.05, 0.1) is 12.8 Å². The summed E-state index contributed by atoms with van der Waals surface area (Å²) in [5.41, 5.74) is 2.36. The van der Waals surface area contributed by atoms with Gasteiger partial charge in [-0.1, -0.05) is 35.9 Å². The largest absolute Gasteiger partial charge is 0.495 e. The van der Waals surface area contributed by atoms with E-state index in [9.17, 15) is 9.59 Å². The molecule has 2 aromatic rings. The van der Waals surface area contributed by atoms with Crippen molar-refractivity contribution < 1.29 is 19.1 Å². The minimum absolute atomic E-state index is 0.409. The highest BCUT2D eigenvalue weighted by atomic mass is 35.5. The molecule has 0 heterocycles. The van der Waals surface area contributed by atoms with Crippen LogP contribution in [0.2, 0.25) is 5.02 Å². The van der Waals surface area contributed by atoms with E-state index < -0.39 is 18.5 Å². The Morgan fingerprint density at radius 2 is 1.96 bits per heavy atom. The number of hydrogen-bond donors (Lipinski definition) is 1. The highest BCUT2D eigenvalue weighted by Crippen LogP contribution is 2.27. The van der Waals surface area contributed by atoms with Crippen molar-refractivity contribution in [3.8, 4) is 5.75 Å². The molecule has 6 heteroatoms. The molecule has 0 aliphatic rings. The number of anilines is 1. The van der Waals surface area contributed by atoms with Crippen molar-refractivity contribution in [1.82, 2.24) is 0 Å². The number of rotatable bonds is 6. The molecule has 0 radical (unpaired) electrons. The zero-order valence-electron chi connectivity index (χ0n) is 13.9. The first kappa shape index (κ1) is 18.5. The van der Waals surface area contributed by atoms with E-state index in [1.165, 1.54) is 13.2 Å². The standard InChI is InChI=1S/C19H18ClNO4/c1-13-5-3-4-6-14(13)7-10-19(23)25-12-18(22)21-16-11-15(20)8-9-17(16)24-2/h3-11H,12H2,1-2H3,(H,21,22)/b10-7+. The van der Waals surface area contributed by atoms with E-state index in [4.69, 9.17) is 21.1 Å². The van der Waals surface area contributed by atoms with E-state index in [2.05, 4.69) is 5.32 Å². The predicted octanol–water partition coefficient (Wildman–Crippen LogP) is 3.85. The van der Waals surface area contributed by atoms with Gasteiger partial charge in [0.1, 0.15) is 5.75 Å². The maximum absolute atomic E-state index is 11.9. The minimum Gasteiger partial charge on any atom is -0.495 e. The van der Waals surface area contributed by atoms with Gasteiger partial charge in [-0.2, -0.15) is 0 Å². The Kier molecular flexibility index (Phi) is 6.60. The number of hydrogen-bond acceptors (Lipinski definition) is 4. The third-order valence-corrected chi connectivity index (χ3v) is 3.60. The van der Waals surface area contributed by atoms with Crippen LogP contribution in [0.25, 0.3) is 6.08 Å². The Morgan fingerprint density at radius 3 is 2.68 bits per heavy atom. The fourth-order valence-corrected chi connectivity index (χ4v) is 2.25. The highest BCUT2D eigenvalue weighted by Gasteiger charge is 2.10. The van der Waals surface area contributed by atoms with Crippen LogP contribution < -0.4 is 10.1 Å². The quantitative estimate of drug-likeness (QED) is 0.628. The van der Waals surface area contributed by atoms with Crippen molar-refractivity contribution in [1.29, 1.82) is 0 Å². The summed E-state index contributed by atoms with van der Waals surface area (Å²) in [6.07, 6.45) is 2.94. The summed E-state index contributed by atoms with van der Waals surface area (Å²) >= 11 is 5.90. The average Bonchev–Trinajstić information content (AvgIpc) is 2.59. The summed E-state index contributed by atoms with van der Waals surface area (Å²) < 4.78 is 10.1. The minimum atomic E-state index is -0.600. The van der Waals surface area contributed by atoms with Gasteiger partial charge in [0.15, 0.2) is 6.61 Å². The van der Waals surface area contributed by atoms with Gasteiger partial charge < -0.3 is 14.8 Å². The molecule has 0 fully saturated rings. The van der Waals surface area contributed by atoms with Gasteiger partial charge in [-0.25, -0.2) is 4.79 Å². The number of amides is 1. The lowest BCUT2D eigenvalue weighted by molar-refractivity contribution is -0.142. The Hall–Kier alpha value is -2.79. The van der Waals surface area contributed by atoms with Gasteiger partial charge in [-0.05, 0) is 42.3 Å². The van der Waals surface area contributed by atoms with Crippen LogP contribution in [0.5, 0.6) is 5.75 Å². The third kappa shape index (κ3) is 5.65. The summed E-state index contributed by atoms with van der Waals surface area (Å²) in [5, 5.41) is 3.04. The lowest BCUT2D eigenvalue weighted by atomic mass is 10.1. The molecular weight excluding hydrogens is 342 g/mol. The summed E-state index contributed by atoms with van der Waals surface area (Å²) in [7, 11) is 1.48. The summed E-state index contributed by atoms with van der Waals surface area (Å²) in [6, 6.07) is 12.5. The first-order valence-electron chi connectivity index (χ1n) is 7.53. The number of aryl methyl sites for hydroxylation is 1. The molecule has 5 nitrogen and oxygen atoms in total. The van der Waals surface area contributed by atoms with Crippen LogP contribution in [-0.4, -0.2) is 25.6 Å². The molecule has 0 unspecified atom stereocenters. The lowest BCUT2D eigenvalue weighted by Gasteiger charge is -2.10. The van der Waals surface area contributed by atoms with E-state index in [0.717, 1.165) is 11.1 Å². The number of carbonyl (C=O) groups is 2. The SMILES string of the molecule is COc1ccc(Cl)cc1NC(=O)COC(=O)/C=C/c1ccccc1C. The molecule has 2 aromatic carbocycles. The van der Waals surface area contributed by atoms with Crippen LogP contribution in [0.1, 0.15) is 11.1 Å². The zero-order chi connectivity index (χ0) is 18.2. The molecule has 0 saturated heterocycles. The second-order valence-electron chi connectivity index (χ2n) is 5.19. The molecule has 0 spiro atoms. The van der Waals surface area contributed by atoms with E-state index in [1.807, 2.05) is 31.2 Å². The molecule has 0 saturated carbocycles. The topological polar surface area (TPSA) is 64.6 Å². The number of carbonyl (C=O) groups excluding carboxylic acids is 2. The number of nitrogens with one attached hydrogen (secondary N) is 1. The molecule has 0 atom stereocenters. The van der Waals surface area contributed by atoms with Crippen LogP contribution >= 0.6 is 11.6 Å². The lowest BCUT2D eigenvalue weighted by Crippen LogP contribution is -2.20. The average molecular weight is 360 g/mol. The first-order chi connectivity index (χ1) is 12.0.